The molecule has 10 nitrogen and oxygen atoms in total. The lowest BCUT2D eigenvalue weighted by molar-refractivity contribution is 0.0607. The van der Waals surface area contributed by atoms with E-state index in [0.29, 0.717) is 17.7 Å². The van der Waals surface area contributed by atoms with Crippen molar-refractivity contribution in [2.45, 2.75) is 38.5 Å². The van der Waals surface area contributed by atoms with Crippen LogP contribution in [0, 0.1) is 0 Å². The van der Waals surface area contributed by atoms with Crippen molar-refractivity contribution >= 4 is 39.3 Å². The van der Waals surface area contributed by atoms with E-state index in [9.17, 15) is 9.59 Å². The van der Waals surface area contributed by atoms with Crippen molar-refractivity contribution in [3.8, 4) is 17.1 Å². The van der Waals surface area contributed by atoms with Crippen LogP contribution < -0.4 is 9.64 Å². The Labute approximate surface area is 311 Å². The molecule has 1 N–H and O–H groups in total. The SMILES string of the molecule is O=C1c2cccc3cccc(c23)C(=O)N1CCCCCN1CCN(CCCCCOc2ccc(-c3nc4ccc(N5CCOCC5)cc4[nH]3)cc2)CC1. The van der Waals surface area contributed by atoms with Crippen molar-refractivity contribution in [3.63, 3.8) is 0 Å². The smallest absolute Gasteiger partial charge is 0.261 e. The molecule has 0 saturated carbocycles. The number of benzene rings is 4. The number of ether oxygens (including phenoxy) is 2. The number of carbonyl (C=O) groups excluding carboxylic acids is 2. The molecule has 0 bridgehead atoms. The number of morpholine rings is 1. The van der Waals surface area contributed by atoms with Crippen LogP contribution in [0.3, 0.4) is 0 Å². The molecule has 0 aliphatic carbocycles. The Morgan fingerprint density at radius 1 is 0.679 bits per heavy atom. The number of imide groups is 1. The fourth-order valence-corrected chi connectivity index (χ4v) is 7.97. The fraction of sp³-hybridized carbons (Fsp3) is 0.419. The third kappa shape index (κ3) is 8.10. The lowest BCUT2D eigenvalue weighted by Crippen LogP contribution is -2.46. The number of hydrogen-bond donors (Lipinski definition) is 1. The van der Waals surface area contributed by atoms with E-state index < -0.39 is 0 Å². The van der Waals surface area contributed by atoms with Gasteiger partial charge in [-0.1, -0.05) is 30.7 Å². The summed E-state index contributed by atoms with van der Waals surface area (Å²) < 4.78 is 11.6. The van der Waals surface area contributed by atoms with Crippen LogP contribution in [-0.4, -0.2) is 115 Å². The van der Waals surface area contributed by atoms with E-state index in [1.54, 1.807) is 0 Å². The lowest BCUT2D eigenvalue weighted by atomic mass is 9.94. The Bertz CT molecular complexity index is 1980. The maximum Gasteiger partial charge on any atom is 0.261 e. The van der Waals surface area contributed by atoms with Gasteiger partial charge in [-0.15, -0.1) is 0 Å². The summed E-state index contributed by atoms with van der Waals surface area (Å²) >= 11 is 0. The Morgan fingerprint density at radius 2 is 1.32 bits per heavy atom. The van der Waals surface area contributed by atoms with Crippen LogP contribution in [-0.2, 0) is 4.74 Å². The molecule has 276 valence electrons. The van der Waals surface area contributed by atoms with Crippen LogP contribution >= 0.6 is 0 Å². The number of amides is 2. The van der Waals surface area contributed by atoms with Crippen LogP contribution in [0.25, 0.3) is 33.2 Å². The predicted octanol–water partition coefficient (Wildman–Crippen LogP) is 6.85. The minimum atomic E-state index is -0.160. The van der Waals surface area contributed by atoms with Crippen molar-refractivity contribution in [1.82, 2.24) is 24.7 Å². The van der Waals surface area contributed by atoms with Gasteiger partial charge >= 0.3 is 0 Å². The molecule has 2 fully saturated rings. The van der Waals surface area contributed by atoms with Crippen molar-refractivity contribution in [2.24, 2.45) is 0 Å². The third-order valence-electron chi connectivity index (χ3n) is 11.0. The second kappa shape index (κ2) is 16.5. The van der Waals surface area contributed by atoms with Gasteiger partial charge < -0.3 is 29.2 Å². The number of hydrogen-bond acceptors (Lipinski definition) is 8. The van der Waals surface area contributed by atoms with Gasteiger partial charge in [-0.05, 0) is 105 Å². The van der Waals surface area contributed by atoms with Crippen LogP contribution in [0.4, 0.5) is 5.69 Å². The van der Waals surface area contributed by atoms with Gasteiger partial charge in [0.15, 0.2) is 0 Å². The zero-order valence-electron chi connectivity index (χ0n) is 30.6. The van der Waals surface area contributed by atoms with Crippen LogP contribution in [0.1, 0.15) is 59.2 Å². The summed E-state index contributed by atoms with van der Waals surface area (Å²) in [6, 6.07) is 26.1. The quantitative estimate of drug-likeness (QED) is 0.0930. The number of aromatic amines is 1. The first-order valence-corrected chi connectivity index (χ1v) is 19.5. The van der Waals surface area contributed by atoms with E-state index >= 15 is 0 Å². The molecular weight excluding hydrogens is 665 g/mol. The average molecular weight is 715 g/mol. The second-order valence-electron chi connectivity index (χ2n) is 14.5. The topological polar surface area (TPSA) is 94.2 Å². The summed E-state index contributed by atoms with van der Waals surface area (Å²) in [7, 11) is 0. The molecule has 3 aliphatic rings. The number of rotatable bonds is 15. The Morgan fingerprint density at radius 3 is 2.00 bits per heavy atom. The monoisotopic (exact) mass is 714 g/mol. The molecule has 53 heavy (non-hydrogen) atoms. The summed E-state index contributed by atoms with van der Waals surface area (Å²) in [5, 5.41) is 1.75. The second-order valence-corrected chi connectivity index (χ2v) is 14.5. The molecule has 1 aromatic heterocycles. The molecule has 5 aromatic rings. The van der Waals surface area contributed by atoms with Gasteiger partial charge in [-0.25, -0.2) is 4.98 Å². The minimum absolute atomic E-state index is 0.160. The number of anilines is 1. The number of aromatic nitrogens is 2. The van der Waals surface area contributed by atoms with Crippen molar-refractivity contribution in [2.75, 3.05) is 83.6 Å². The van der Waals surface area contributed by atoms with E-state index in [1.807, 2.05) is 48.5 Å². The summed E-state index contributed by atoms with van der Waals surface area (Å²) in [6.07, 6.45) is 6.33. The van der Waals surface area contributed by atoms with Crippen molar-refractivity contribution < 1.29 is 19.1 Å². The number of fused-ring (bicyclic) bond motifs is 1. The zero-order valence-corrected chi connectivity index (χ0v) is 30.6. The highest BCUT2D eigenvalue weighted by Crippen LogP contribution is 2.30. The third-order valence-corrected chi connectivity index (χ3v) is 11.0. The highest BCUT2D eigenvalue weighted by atomic mass is 16.5. The number of unbranched alkanes of at least 4 members (excludes halogenated alkanes) is 4. The Balaban J connectivity index is 0.681. The summed E-state index contributed by atoms with van der Waals surface area (Å²) in [4.78, 5) is 43.5. The summed E-state index contributed by atoms with van der Waals surface area (Å²) in [6.45, 7) is 11.2. The molecular formula is C43H50N6O4. The number of piperazine rings is 1. The van der Waals surface area contributed by atoms with E-state index in [4.69, 9.17) is 14.5 Å². The minimum Gasteiger partial charge on any atom is -0.494 e. The maximum atomic E-state index is 13.1. The molecule has 0 radical (unpaired) electrons. The first-order chi connectivity index (χ1) is 26.1. The van der Waals surface area contributed by atoms with Gasteiger partial charge in [0.2, 0.25) is 0 Å². The van der Waals surface area contributed by atoms with E-state index in [0.717, 1.165) is 143 Å². The number of nitrogens with one attached hydrogen (secondary N) is 1. The molecule has 8 rings (SSSR count). The summed E-state index contributed by atoms with van der Waals surface area (Å²) in [5.41, 5.74) is 5.56. The van der Waals surface area contributed by atoms with Gasteiger partial charge in [0, 0.05) is 73.6 Å². The van der Waals surface area contributed by atoms with Gasteiger partial charge in [-0.3, -0.25) is 14.5 Å². The molecule has 4 aromatic carbocycles. The van der Waals surface area contributed by atoms with Gasteiger partial charge in [0.25, 0.3) is 11.8 Å². The molecule has 0 spiro atoms. The average Bonchev–Trinajstić information content (AvgIpc) is 3.64. The number of H-pyrrole nitrogens is 1. The predicted molar refractivity (Wildman–Crippen MR) is 210 cm³/mol. The Hall–Kier alpha value is -4.77. The molecule has 0 atom stereocenters. The highest BCUT2D eigenvalue weighted by Gasteiger charge is 2.32. The zero-order chi connectivity index (χ0) is 36.0. The normalized spacial score (nSPS) is 17.0. The lowest BCUT2D eigenvalue weighted by Gasteiger charge is -2.34. The number of carbonyl (C=O) groups is 2. The summed E-state index contributed by atoms with van der Waals surface area (Å²) in [5.74, 6) is 1.45. The van der Waals surface area contributed by atoms with Crippen LogP contribution in [0.5, 0.6) is 5.75 Å². The van der Waals surface area contributed by atoms with Crippen LogP contribution in [0.15, 0.2) is 78.9 Å². The molecule has 2 saturated heterocycles. The van der Waals surface area contributed by atoms with Crippen molar-refractivity contribution in [1.29, 1.82) is 0 Å². The fourth-order valence-electron chi connectivity index (χ4n) is 7.97. The van der Waals surface area contributed by atoms with E-state index in [-0.39, 0.29) is 11.8 Å². The van der Waals surface area contributed by atoms with Crippen LogP contribution in [0.2, 0.25) is 0 Å². The first-order valence-electron chi connectivity index (χ1n) is 19.5. The molecule has 10 heteroatoms. The Kier molecular flexibility index (Phi) is 11.0. The van der Waals surface area contributed by atoms with Gasteiger partial charge in [0.1, 0.15) is 11.6 Å². The number of imidazole rings is 1. The van der Waals surface area contributed by atoms with E-state index in [2.05, 4.69) is 50.0 Å². The molecule has 4 heterocycles. The molecule has 3 aliphatic heterocycles. The van der Waals surface area contributed by atoms with Crippen molar-refractivity contribution in [3.05, 3.63) is 90.0 Å². The standard InChI is InChI=1S/C43H50N6O4/c50-42-36-11-7-9-32-10-8-12-37(40(32)36)43(51)49(42)21-5-1-3-19-46-22-24-47(25-23-46)20-4-2-6-28-53-35-16-13-33(14-17-35)41-44-38-18-15-34(31-39(38)45-41)48-26-29-52-30-27-48/h7-18,31H,1-6,19-30H2,(H,44,45). The largest absolute Gasteiger partial charge is 0.494 e. The van der Waals surface area contributed by atoms with E-state index in [1.165, 1.54) is 17.0 Å². The maximum absolute atomic E-state index is 13.1. The number of nitrogens with zero attached hydrogens (tertiary/aromatic N) is 5. The highest BCUT2D eigenvalue weighted by molar-refractivity contribution is 6.25. The van der Waals surface area contributed by atoms with Gasteiger partial charge in [0.05, 0.1) is 30.9 Å². The van der Waals surface area contributed by atoms with Gasteiger partial charge in [-0.2, -0.15) is 0 Å². The molecule has 2 amide bonds. The molecule has 0 unspecified atom stereocenters. The first kappa shape index (κ1) is 35.3.